The fourth-order valence-electron chi connectivity index (χ4n) is 1.28. The van der Waals surface area contributed by atoms with Gasteiger partial charge in [0.1, 0.15) is 0 Å². The van der Waals surface area contributed by atoms with Crippen LogP contribution in [0.25, 0.3) is 0 Å². The van der Waals surface area contributed by atoms with Gasteiger partial charge in [0.2, 0.25) is 13.8 Å². The summed E-state index contributed by atoms with van der Waals surface area (Å²) in [6, 6.07) is 5.63. The summed E-state index contributed by atoms with van der Waals surface area (Å²) in [5.74, 6) is 2.22. The molecule has 104 valence electrons. The number of terminal acetylenes is 1. The summed E-state index contributed by atoms with van der Waals surface area (Å²) in [7, 11) is -3.83. The van der Waals surface area contributed by atoms with E-state index in [4.69, 9.17) is 52.8 Å². The fraction of sp³-hybridized carbons (Fsp3) is 0.273. The van der Waals surface area contributed by atoms with Crippen LogP contribution in [0.15, 0.2) is 29.2 Å². The highest BCUT2D eigenvalue weighted by Gasteiger charge is 2.32. The van der Waals surface area contributed by atoms with E-state index in [0.29, 0.717) is 5.02 Å². The number of alkyl halides is 3. The fourth-order valence-corrected chi connectivity index (χ4v) is 3.44. The zero-order valence-electron chi connectivity index (χ0n) is 9.48. The van der Waals surface area contributed by atoms with Gasteiger partial charge in [-0.2, -0.15) is 4.31 Å². The second kappa shape index (κ2) is 6.53. The van der Waals surface area contributed by atoms with E-state index in [1.807, 2.05) is 0 Å². The van der Waals surface area contributed by atoms with E-state index in [2.05, 4.69) is 5.92 Å². The van der Waals surface area contributed by atoms with Gasteiger partial charge in [0.15, 0.2) is 0 Å². The molecule has 0 bridgehead atoms. The maximum Gasteiger partial charge on any atom is 0.244 e. The minimum atomic E-state index is -3.83. The lowest BCUT2D eigenvalue weighted by Crippen LogP contribution is -2.37. The van der Waals surface area contributed by atoms with Gasteiger partial charge in [0, 0.05) is 5.02 Å². The summed E-state index contributed by atoms with van der Waals surface area (Å²) in [5.41, 5.74) is 0. The van der Waals surface area contributed by atoms with Gasteiger partial charge < -0.3 is 0 Å². The van der Waals surface area contributed by atoms with E-state index < -0.39 is 13.8 Å². The lowest BCUT2D eigenvalue weighted by molar-refractivity contribution is 0.453. The molecule has 0 atom stereocenters. The molecule has 0 N–H and O–H groups in total. The molecule has 0 saturated heterocycles. The quantitative estimate of drug-likeness (QED) is 0.610. The first-order chi connectivity index (χ1) is 8.66. The van der Waals surface area contributed by atoms with Gasteiger partial charge >= 0.3 is 0 Å². The molecule has 0 amide bonds. The third kappa shape index (κ3) is 5.03. The van der Waals surface area contributed by atoms with Crippen molar-refractivity contribution in [2.75, 3.05) is 13.1 Å². The smallest absolute Gasteiger partial charge is 0.207 e. The Labute approximate surface area is 132 Å². The van der Waals surface area contributed by atoms with Gasteiger partial charge in [-0.3, -0.25) is 0 Å². The van der Waals surface area contributed by atoms with Gasteiger partial charge in [-0.05, 0) is 24.3 Å². The normalized spacial score (nSPS) is 12.4. The molecule has 0 radical (unpaired) electrons. The molecule has 19 heavy (non-hydrogen) atoms. The minimum Gasteiger partial charge on any atom is -0.207 e. The van der Waals surface area contributed by atoms with Gasteiger partial charge in [0.05, 0.1) is 18.0 Å². The molecule has 0 saturated carbocycles. The third-order valence-corrected chi connectivity index (χ3v) is 4.49. The summed E-state index contributed by atoms with van der Waals surface area (Å²) < 4.78 is 23.8. The Bertz CT molecular complexity index is 572. The molecule has 0 aliphatic heterocycles. The van der Waals surface area contributed by atoms with Crippen molar-refractivity contribution < 1.29 is 8.42 Å². The topological polar surface area (TPSA) is 37.4 Å². The summed E-state index contributed by atoms with van der Waals surface area (Å²) >= 11 is 22.6. The number of halogens is 4. The standard InChI is InChI=1S/C11H9Cl4NO2S/c1-2-7-16(8-11(13,14)15)19(17,18)10-5-3-9(12)4-6-10/h1,3-6H,7-8H2. The Morgan fingerprint density at radius 1 is 1.21 bits per heavy atom. The molecule has 0 spiro atoms. The molecule has 1 rings (SSSR count). The predicted octanol–water partition coefficient (Wildman–Crippen LogP) is 3.33. The highest BCUT2D eigenvalue weighted by molar-refractivity contribution is 7.89. The first-order valence-electron chi connectivity index (χ1n) is 4.93. The summed E-state index contributed by atoms with van der Waals surface area (Å²) in [4.78, 5) is 0.0291. The van der Waals surface area contributed by atoms with Crippen LogP contribution in [0.2, 0.25) is 5.02 Å². The molecule has 0 fully saturated rings. The predicted molar refractivity (Wildman–Crippen MR) is 79.3 cm³/mol. The van der Waals surface area contributed by atoms with Crippen LogP contribution in [0.3, 0.4) is 0 Å². The lowest BCUT2D eigenvalue weighted by Gasteiger charge is -2.23. The zero-order chi connectivity index (χ0) is 14.7. The molecule has 0 heterocycles. The Kier molecular flexibility index (Phi) is 5.81. The van der Waals surface area contributed by atoms with Crippen LogP contribution in [0.5, 0.6) is 0 Å². The van der Waals surface area contributed by atoms with Gasteiger partial charge in [-0.1, -0.05) is 52.3 Å². The maximum atomic E-state index is 12.3. The highest BCUT2D eigenvalue weighted by atomic mass is 35.6. The van der Waals surface area contributed by atoms with Crippen LogP contribution in [-0.2, 0) is 10.0 Å². The number of hydrogen-bond acceptors (Lipinski definition) is 2. The Morgan fingerprint density at radius 3 is 2.16 bits per heavy atom. The SMILES string of the molecule is C#CCN(CC(Cl)(Cl)Cl)S(=O)(=O)c1ccc(Cl)cc1. The molecule has 0 aliphatic rings. The number of nitrogens with zero attached hydrogens (tertiary/aromatic N) is 1. The number of rotatable bonds is 4. The second-order valence-corrected chi connectivity index (χ2v) is 8.44. The summed E-state index contributed by atoms with van der Waals surface area (Å²) in [6.45, 7) is -0.536. The van der Waals surface area contributed by atoms with Crippen molar-refractivity contribution in [3.63, 3.8) is 0 Å². The minimum absolute atomic E-state index is 0.0291. The zero-order valence-corrected chi connectivity index (χ0v) is 13.3. The van der Waals surface area contributed by atoms with E-state index >= 15 is 0 Å². The van der Waals surface area contributed by atoms with Crippen molar-refractivity contribution in [2.24, 2.45) is 0 Å². The second-order valence-electron chi connectivity index (χ2n) is 3.55. The van der Waals surface area contributed by atoms with E-state index in [1.165, 1.54) is 24.3 Å². The Balaban J connectivity index is 3.13. The maximum absolute atomic E-state index is 12.3. The molecule has 1 aromatic rings. The van der Waals surface area contributed by atoms with Crippen molar-refractivity contribution in [2.45, 2.75) is 8.69 Å². The molecule has 3 nitrogen and oxygen atoms in total. The van der Waals surface area contributed by atoms with Crippen LogP contribution in [0.1, 0.15) is 0 Å². The van der Waals surface area contributed by atoms with Crippen LogP contribution in [0.4, 0.5) is 0 Å². The molecular weight excluding hydrogens is 352 g/mol. The van der Waals surface area contributed by atoms with Gasteiger partial charge in [-0.15, -0.1) is 6.42 Å². The largest absolute Gasteiger partial charge is 0.244 e. The Hall–Kier alpha value is -0.150. The number of hydrogen-bond donors (Lipinski definition) is 0. The van der Waals surface area contributed by atoms with Gasteiger partial charge in [0.25, 0.3) is 0 Å². The first-order valence-corrected chi connectivity index (χ1v) is 7.88. The third-order valence-electron chi connectivity index (χ3n) is 2.07. The summed E-state index contributed by atoms with van der Waals surface area (Å²) in [5, 5.41) is 0.420. The van der Waals surface area contributed by atoms with Crippen molar-refractivity contribution in [3.05, 3.63) is 29.3 Å². The molecular formula is C11H9Cl4NO2S. The van der Waals surface area contributed by atoms with Crippen molar-refractivity contribution >= 4 is 56.4 Å². The van der Waals surface area contributed by atoms with Crippen LogP contribution in [-0.4, -0.2) is 29.6 Å². The van der Waals surface area contributed by atoms with Crippen LogP contribution >= 0.6 is 46.4 Å². The van der Waals surface area contributed by atoms with E-state index in [9.17, 15) is 8.42 Å². The van der Waals surface area contributed by atoms with E-state index in [-0.39, 0.29) is 18.0 Å². The molecule has 0 aliphatic carbocycles. The highest BCUT2D eigenvalue weighted by Crippen LogP contribution is 2.29. The number of sulfonamides is 1. The molecule has 0 unspecified atom stereocenters. The van der Waals surface area contributed by atoms with Crippen molar-refractivity contribution in [1.82, 2.24) is 4.31 Å². The average Bonchev–Trinajstić information content (AvgIpc) is 2.27. The number of benzene rings is 1. The van der Waals surface area contributed by atoms with Gasteiger partial charge in [-0.25, -0.2) is 8.42 Å². The molecule has 8 heteroatoms. The van der Waals surface area contributed by atoms with Crippen LogP contribution < -0.4 is 0 Å². The van der Waals surface area contributed by atoms with Crippen LogP contribution in [0, 0.1) is 12.3 Å². The average molecular weight is 361 g/mol. The molecule has 1 aromatic carbocycles. The van der Waals surface area contributed by atoms with Crippen molar-refractivity contribution in [3.8, 4) is 12.3 Å². The monoisotopic (exact) mass is 359 g/mol. The van der Waals surface area contributed by atoms with E-state index in [1.54, 1.807) is 0 Å². The Morgan fingerprint density at radius 2 is 1.74 bits per heavy atom. The summed E-state index contributed by atoms with van der Waals surface area (Å²) in [6.07, 6.45) is 5.14. The van der Waals surface area contributed by atoms with E-state index in [0.717, 1.165) is 4.31 Å². The van der Waals surface area contributed by atoms with Crippen molar-refractivity contribution in [1.29, 1.82) is 0 Å². The lowest BCUT2D eigenvalue weighted by atomic mass is 10.4. The molecule has 0 aromatic heterocycles. The first kappa shape index (κ1) is 16.9.